The van der Waals surface area contributed by atoms with E-state index in [1.54, 1.807) is 7.11 Å². The number of benzene rings is 1. The van der Waals surface area contributed by atoms with Crippen molar-refractivity contribution in [1.82, 2.24) is 4.90 Å². The van der Waals surface area contributed by atoms with Crippen molar-refractivity contribution >= 4 is 11.6 Å². The second-order valence-corrected chi connectivity index (χ2v) is 4.84. The zero-order valence-electron chi connectivity index (χ0n) is 11.7. The van der Waals surface area contributed by atoms with Gasteiger partial charge in [-0.15, -0.1) is 0 Å². The third-order valence-electron chi connectivity index (χ3n) is 3.66. The zero-order chi connectivity index (χ0) is 13.7. The number of carbonyl (C=O) groups excluding carboxylic acids is 1. The summed E-state index contributed by atoms with van der Waals surface area (Å²) in [6.07, 6.45) is 0.571. The number of likely N-dealkylation sites (N-methyl/N-ethyl adjacent to an activating group) is 1. The van der Waals surface area contributed by atoms with Crippen LogP contribution in [-0.4, -0.2) is 44.2 Å². The van der Waals surface area contributed by atoms with Crippen LogP contribution < -0.4 is 5.32 Å². The topological polar surface area (TPSA) is 41.6 Å². The molecule has 4 heteroatoms. The van der Waals surface area contributed by atoms with E-state index in [-0.39, 0.29) is 5.91 Å². The second-order valence-electron chi connectivity index (χ2n) is 4.84. The fourth-order valence-corrected chi connectivity index (χ4v) is 2.54. The van der Waals surface area contributed by atoms with Gasteiger partial charge in [-0.3, -0.25) is 4.79 Å². The Bertz CT molecular complexity index is 434. The number of methoxy groups -OCH3 is 1. The number of anilines is 1. The van der Waals surface area contributed by atoms with Crippen molar-refractivity contribution in [1.29, 1.82) is 0 Å². The number of carbonyl (C=O) groups is 1. The van der Waals surface area contributed by atoms with Crippen molar-refractivity contribution in [2.24, 2.45) is 0 Å². The van der Waals surface area contributed by atoms with Gasteiger partial charge >= 0.3 is 0 Å². The molecule has 0 aromatic heterocycles. The van der Waals surface area contributed by atoms with Crippen molar-refractivity contribution in [2.45, 2.75) is 19.3 Å². The number of hydrogen-bond acceptors (Lipinski definition) is 3. The molecule has 0 radical (unpaired) electrons. The molecule has 1 atom stereocenters. The van der Waals surface area contributed by atoms with E-state index in [0.717, 1.165) is 13.1 Å². The van der Waals surface area contributed by atoms with Crippen molar-refractivity contribution in [3.63, 3.8) is 0 Å². The lowest BCUT2D eigenvalue weighted by Crippen LogP contribution is -2.34. The van der Waals surface area contributed by atoms with E-state index in [1.165, 1.54) is 11.3 Å². The maximum absolute atomic E-state index is 12.3. The Kier molecular flexibility index (Phi) is 4.80. The molecule has 104 valence electrons. The van der Waals surface area contributed by atoms with Crippen LogP contribution in [0.15, 0.2) is 24.3 Å². The Labute approximate surface area is 114 Å². The minimum Gasteiger partial charge on any atom is -0.384 e. The second kappa shape index (κ2) is 6.57. The highest BCUT2D eigenvalue weighted by atomic mass is 16.5. The molecule has 1 unspecified atom stereocenters. The smallest absolute Gasteiger partial charge is 0.223 e. The van der Waals surface area contributed by atoms with E-state index >= 15 is 0 Å². The van der Waals surface area contributed by atoms with Crippen LogP contribution >= 0.6 is 0 Å². The summed E-state index contributed by atoms with van der Waals surface area (Å²) in [4.78, 5) is 14.2. The van der Waals surface area contributed by atoms with E-state index in [4.69, 9.17) is 4.74 Å². The van der Waals surface area contributed by atoms with Gasteiger partial charge in [0.1, 0.15) is 0 Å². The number of nitrogens with zero attached hydrogens (tertiary/aromatic N) is 1. The molecule has 0 saturated carbocycles. The molecular weight excluding hydrogens is 240 g/mol. The Balaban J connectivity index is 1.96. The molecule has 1 aromatic carbocycles. The first kappa shape index (κ1) is 13.9. The van der Waals surface area contributed by atoms with Gasteiger partial charge in [0, 0.05) is 44.8 Å². The first-order chi connectivity index (χ1) is 9.26. The van der Waals surface area contributed by atoms with Crippen LogP contribution in [0.3, 0.4) is 0 Å². The summed E-state index contributed by atoms with van der Waals surface area (Å²) >= 11 is 0. The summed E-state index contributed by atoms with van der Waals surface area (Å²) in [5.41, 5.74) is 2.43. The van der Waals surface area contributed by atoms with Gasteiger partial charge in [-0.2, -0.15) is 0 Å². The molecule has 2 rings (SSSR count). The van der Waals surface area contributed by atoms with Crippen LogP contribution in [0.2, 0.25) is 0 Å². The molecule has 1 N–H and O–H groups in total. The average molecular weight is 262 g/mol. The number of nitrogens with one attached hydrogen (secondary N) is 1. The van der Waals surface area contributed by atoms with Crippen molar-refractivity contribution in [3.05, 3.63) is 29.8 Å². The van der Waals surface area contributed by atoms with Crippen LogP contribution in [0.4, 0.5) is 5.69 Å². The highest BCUT2D eigenvalue weighted by molar-refractivity contribution is 5.78. The predicted octanol–water partition coefficient (Wildman–Crippen LogP) is 2.08. The van der Waals surface area contributed by atoms with Gasteiger partial charge in [-0.1, -0.05) is 18.2 Å². The number of para-hydroxylation sites is 1. The van der Waals surface area contributed by atoms with Gasteiger partial charge < -0.3 is 15.0 Å². The van der Waals surface area contributed by atoms with Crippen molar-refractivity contribution in [3.8, 4) is 0 Å². The van der Waals surface area contributed by atoms with Gasteiger partial charge in [0.25, 0.3) is 0 Å². The molecule has 0 fully saturated rings. The van der Waals surface area contributed by atoms with Crippen LogP contribution in [0, 0.1) is 0 Å². The molecule has 19 heavy (non-hydrogen) atoms. The minimum absolute atomic E-state index is 0.211. The molecular formula is C15H22N2O2. The Morgan fingerprint density at radius 2 is 2.26 bits per heavy atom. The number of rotatable bonds is 6. The zero-order valence-corrected chi connectivity index (χ0v) is 11.7. The lowest BCUT2D eigenvalue weighted by atomic mass is 9.97. The first-order valence-corrected chi connectivity index (χ1v) is 6.85. The normalized spacial score (nSPS) is 16.8. The van der Waals surface area contributed by atoms with Gasteiger partial charge in [0.15, 0.2) is 0 Å². The lowest BCUT2D eigenvalue weighted by Gasteiger charge is -2.22. The van der Waals surface area contributed by atoms with Crippen LogP contribution in [-0.2, 0) is 9.53 Å². The Morgan fingerprint density at radius 3 is 3.00 bits per heavy atom. The first-order valence-electron chi connectivity index (χ1n) is 6.85. The van der Waals surface area contributed by atoms with E-state index < -0.39 is 0 Å². The number of ether oxygens (including phenoxy) is 1. The van der Waals surface area contributed by atoms with E-state index in [9.17, 15) is 4.79 Å². The monoisotopic (exact) mass is 262 g/mol. The third-order valence-corrected chi connectivity index (χ3v) is 3.66. The van der Waals surface area contributed by atoms with Gasteiger partial charge in [-0.05, 0) is 18.6 Å². The van der Waals surface area contributed by atoms with Gasteiger partial charge in [0.2, 0.25) is 5.91 Å². The summed E-state index contributed by atoms with van der Waals surface area (Å²) in [5, 5.41) is 3.36. The van der Waals surface area contributed by atoms with E-state index in [0.29, 0.717) is 25.5 Å². The molecule has 0 aliphatic carbocycles. The van der Waals surface area contributed by atoms with Crippen LogP contribution in [0.1, 0.15) is 24.8 Å². The van der Waals surface area contributed by atoms with Crippen LogP contribution in [0.5, 0.6) is 0 Å². The predicted molar refractivity (Wildman–Crippen MR) is 76.4 cm³/mol. The van der Waals surface area contributed by atoms with Crippen molar-refractivity contribution < 1.29 is 9.53 Å². The Morgan fingerprint density at radius 1 is 1.47 bits per heavy atom. The van der Waals surface area contributed by atoms with Gasteiger partial charge in [-0.25, -0.2) is 0 Å². The standard InChI is InChI=1S/C15H22N2O2/c1-3-17(8-9-19-2)15(18)10-12-11-16-14-7-5-4-6-13(12)14/h4-7,12,16H,3,8-11H2,1-2H3. The largest absolute Gasteiger partial charge is 0.384 e. The molecule has 1 aromatic rings. The summed E-state index contributed by atoms with van der Waals surface area (Å²) in [6, 6.07) is 8.24. The molecule has 0 saturated heterocycles. The molecule has 0 bridgehead atoms. The highest BCUT2D eigenvalue weighted by Gasteiger charge is 2.25. The van der Waals surface area contributed by atoms with Gasteiger partial charge in [0.05, 0.1) is 6.61 Å². The molecule has 1 aliphatic rings. The number of amides is 1. The molecule has 0 spiro atoms. The summed E-state index contributed by atoms with van der Waals surface area (Å²) in [6.45, 7) is 4.87. The van der Waals surface area contributed by atoms with Crippen molar-refractivity contribution in [2.75, 3.05) is 38.7 Å². The molecule has 1 aliphatic heterocycles. The van der Waals surface area contributed by atoms with E-state index in [2.05, 4.69) is 17.4 Å². The summed E-state index contributed by atoms with van der Waals surface area (Å²) < 4.78 is 5.04. The Hall–Kier alpha value is -1.55. The number of hydrogen-bond donors (Lipinski definition) is 1. The fourth-order valence-electron chi connectivity index (χ4n) is 2.54. The summed E-state index contributed by atoms with van der Waals surface area (Å²) in [5.74, 6) is 0.503. The highest BCUT2D eigenvalue weighted by Crippen LogP contribution is 2.33. The minimum atomic E-state index is 0.211. The SMILES string of the molecule is CCN(CCOC)C(=O)CC1CNc2ccccc21. The number of fused-ring (bicyclic) bond motifs is 1. The third kappa shape index (κ3) is 3.26. The molecule has 1 heterocycles. The molecule has 1 amide bonds. The molecule has 4 nitrogen and oxygen atoms in total. The van der Waals surface area contributed by atoms with Crippen LogP contribution in [0.25, 0.3) is 0 Å². The maximum Gasteiger partial charge on any atom is 0.223 e. The fraction of sp³-hybridized carbons (Fsp3) is 0.533. The lowest BCUT2D eigenvalue weighted by molar-refractivity contribution is -0.131. The quantitative estimate of drug-likeness (QED) is 0.853. The maximum atomic E-state index is 12.3. The van der Waals surface area contributed by atoms with E-state index in [1.807, 2.05) is 24.0 Å². The average Bonchev–Trinajstić information content (AvgIpc) is 2.83. The summed E-state index contributed by atoms with van der Waals surface area (Å²) in [7, 11) is 1.66.